The summed E-state index contributed by atoms with van der Waals surface area (Å²) in [6, 6.07) is 17.7. The van der Waals surface area contributed by atoms with Crippen LogP contribution >= 0.6 is 0 Å². The Bertz CT molecular complexity index is 1160. The Morgan fingerprint density at radius 2 is 1.78 bits per heavy atom. The van der Waals surface area contributed by atoms with E-state index in [-0.39, 0.29) is 18.0 Å². The smallest absolute Gasteiger partial charge is 0.243 e. The number of nitrogen functional groups attached to an aromatic ring is 1. The number of para-hydroxylation sites is 1. The number of anilines is 2. The largest absolute Gasteiger partial charge is 0.457 e. The summed E-state index contributed by atoms with van der Waals surface area (Å²) < 4.78 is 5.91. The van der Waals surface area contributed by atoms with E-state index < -0.39 is 0 Å². The minimum atomic E-state index is -0.0488. The van der Waals surface area contributed by atoms with Crippen molar-refractivity contribution in [3.8, 4) is 22.6 Å². The first kappa shape index (κ1) is 25.2. The third-order valence-corrected chi connectivity index (χ3v) is 6.10. The summed E-state index contributed by atoms with van der Waals surface area (Å²) >= 11 is 0. The Labute approximate surface area is 212 Å². The molecule has 1 saturated carbocycles. The van der Waals surface area contributed by atoms with Crippen molar-refractivity contribution in [2.75, 3.05) is 31.7 Å². The quantitative estimate of drug-likeness (QED) is 0.383. The van der Waals surface area contributed by atoms with E-state index in [1.807, 2.05) is 79.7 Å². The van der Waals surface area contributed by atoms with Crippen molar-refractivity contribution in [2.24, 2.45) is 0 Å². The summed E-state index contributed by atoms with van der Waals surface area (Å²) in [7, 11) is 3.95. The maximum absolute atomic E-state index is 12.3. The van der Waals surface area contributed by atoms with Gasteiger partial charge in [0.25, 0.3) is 0 Å². The topological polar surface area (TPSA) is 105 Å². The normalized spacial score (nSPS) is 17.8. The second-order valence-electron chi connectivity index (χ2n) is 9.30. The number of hydrogen-bond donors (Lipinski definition) is 3. The van der Waals surface area contributed by atoms with Crippen LogP contribution in [0.2, 0.25) is 0 Å². The number of nitrogens with two attached hydrogens (primary N) is 1. The number of likely N-dealkylation sites (N-methyl/N-ethyl adjacent to an activating group) is 1. The lowest BCUT2D eigenvalue weighted by atomic mass is 9.90. The van der Waals surface area contributed by atoms with Gasteiger partial charge in [0.1, 0.15) is 29.5 Å². The molecule has 36 heavy (non-hydrogen) atoms. The van der Waals surface area contributed by atoms with Gasteiger partial charge in [-0.1, -0.05) is 36.4 Å². The molecule has 0 radical (unpaired) electrons. The molecule has 0 saturated heterocycles. The van der Waals surface area contributed by atoms with Crippen molar-refractivity contribution < 1.29 is 9.53 Å². The molecule has 1 heterocycles. The molecule has 4 N–H and O–H groups in total. The fourth-order valence-electron chi connectivity index (χ4n) is 4.37. The Kier molecular flexibility index (Phi) is 8.52. The van der Waals surface area contributed by atoms with Crippen LogP contribution in [0.5, 0.6) is 11.5 Å². The molecule has 0 aliphatic heterocycles. The highest BCUT2D eigenvalue weighted by atomic mass is 16.5. The number of amides is 1. The van der Waals surface area contributed by atoms with Crippen LogP contribution < -0.4 is 21.1 Å². The van der Waals surface area contributed by atoms with Crippen molar-refractivity contribution >= 4 is 17.5 Å². The fourth-order valence-corrected chi connectivity index (χ4v) is 4.37. The van der Waals surface area contributed by atoms with Crippen LogP contribution in [0.1, 0.15) is 25.7 Å². The minimum absolute atomic E-state index is 0.0488. The van der Waals surface area contributed by atoms with Gasteiger partial charge in [-0.2, -0.15) is 0 Å². The van der Waals surface area contributed by atoms with Gasteiger partial charge in [-0.25, -0.2) is 9.97 Å². The number of carbonyl (C=O) groups excluding carboxylic acids is 1. The second kappa shape index (κ2) is 12.2. The number of nitrogens with one attached hydrogen (secondary N) is 2. The number of benzene rings is 2. The maximum Gasteiger partial charge on any atom is 0.243 e. The van der Waals surface area contributed by atoms with Crippen molar-refractivity contribution in [1.29, 1.82) is 0 Å². The fraction of sp³-hybridized carbons (Fsp3) is 0.321. The van der Waals surface area contributed by atoms with Crippen LogP contribution in [0, 0.1) is 0 Å². The molecule has 188 valence electrons. The summed E-state index contributed by atoms with van der Waals surface area (Å²) in [4.78, 5) is 23.0. The lowest BCUT2D eigenvalue weighted by Crippen LogP contribution is -2.41. The average Bonchev–Trinajstić information content (AvgIpc) is 2.86. The number of hydrogen-bond acceptors (Lipinski definition) is 7. The Balaban J connectivity index is 1.42. The van der Waals surface area contributed by atoms with Gasteiger partial charge in [0.2, 0.25) is 5.91 Å². The van der Waals surface area contributed by atoms with Gasteiger partial charge in [0, 0.05) is 24.7 Å². The molecule has 2 atom stereocenters. The predicted molar refractivity (Wildman–Crippen MR) is 144 cm³/mol. The molecule has 1 unspecified atom stereocenters. The van der Waals surface area contributed by atoms with E-state index in [1.54, 1.807) is 6.08 Å². The van der Waals surface area contributed by atoms with Crippen molar-refractivity contribution in [3.63, 3.8) is 0 Å². The second-order valence-corrected chi connectivity index (χ2v) is 9.30. The van der Waals surface area contributed by atoms with E-state index in [9.17, 15) is 4.79 Å². The first-order chi connectivity index (χ1) is 17.5. The number of rotatable bonds is 9. The molecule has 1 aliphatic carbocycles. The highest BCUT2D eigenvalue weighted by Crippen LogP contribution is 2.34. The average molecular weight is 487 g/mol. The highest BCUT2D eigenvalue weighted by molar-refractivity contribution is 5.87. The van der Waals surface area contributed by atoms with Gasteiger partial charge in [0.05, 0.1) is 5.56 Å². The Morgan fingerprint density at radius 3 is 2.53 bits per heavy atom. The van der Waals surface area contributed by atoms with Gasteiger partial charge in [-0.15, -0.1) is 0 Å². The molecule has 1 aliphatic rings. The van der Waals surface area contributed by atoms with E-state index >= 15 is 0 Å². The van der Waals surface area contributed by atoms with Crippen LogP contribution in [0.25, 0.3) is 11.1 Å². The summed E-state index contributed by atoms with van der Waals surface area (Å²) in [5.41, 5.74) is 7.96. The molecule has 8 heteroatoms. The van der Waals surface area contributed by atoms with Crippen LogP contribution in [0.3, 0.4) is 0 Å². The molecule has 3 aromatic rings. The Hall–Kier alpha value is -3.91. The van der Waals surface area contributed by atoms with E-state index in [1.165, 1.54) is 6.33 Å². The lowest BCUT2D eigenvalue weighted by Gasteiger charge is -2.31. The van der Waals surface area contributed by atoms with Crippen molar-refractivity contribution in [1.82, 2.24) is 20.2 Å². The van der Waals surface area contributed by atoms with E-state index in [2.05, 4.69) is 20.6 Å². The number of aromatic nitrogens is 2. The van der Waals surface area contributed by atoms with Gasteiger partial charge in [-0.05, 0) is 69.6 Å². The summed E-state index contributed by atoms with van der Waals surface area (Å²) in [5.74, 6) is 2.58. The number of ether oxygens (including phenoxy) is 1. The number of nitrogens with zero attached hydrogens (tertiary/aromatic N) is 3. The zero-order valence-electron chi connectivity index (χ0n) is 20.9. The summed E-state index contributed by atoms with van der Waals surface area (Å²) in [6.07, 6.45) is 8.77. The van der Waals surface area contributed by atoms with E-state index in [0.29, 0.717) is 11.6 Å². The molecular formula is C28H34N6O2. The van der Waals surface area contributed by atoms with Gasteiger partial charge < -0.3 is 26.0 Å². The molecule has 8 nitrogen and oxygen atoms in total. The van der Waals surface area contributed by atoms with Crippen molar-refractivity contribution in [2.45, 2.75) is 37.8 Å². The summed E-state index contributed by atoms with van der Waals surface area (Å²) in [6.45, 7) is 0.736. The summed E-state index contributed by atoms with van der Waals surface area (Å²) in [5, 5.41) is 6.70. The van der Waals surface area contributed by atoms with Gasteiger partial charge >= 0.3 is 0 Å². The standard InChI is InChI=1S/C28H34N6O2/c1-34(2)17-7-12-25(35)32-21-8-6-9-22(18-21)33-28-26(27(29)30-19-31-28)20-13-15-24(16-14-20)36-23-10-4-3-5-11-23/h3-5,7,10-16,19,21-22H,6,8-9,17-18H2,1-2H3,(H,32,35)(H3,29,30,31,33)/b12-7+/t21?,22-/m0/s1. The molecule has 0 spiro atoms. The SMILES string of the molecule is CN(C)C/C=C/C(=O)NC1CCC[C@H](Nc2ncnc(N)c2-c2ccc(Oc3ccccc3)cc2)C1. The zero-order valence-corrected chi connectivity index (χ0v) is 20.9. The minimum Gasteiger partial charge on any atom is -0.457 e. The predicted octanol–water partition coefficient (Wildman–Crippen LogP) is 4.48. The van der Waals surface area contributed by atoms with Gasteiger partial charge in [-0.3, -0.25) is 4.79 Å². The zero-order chi connectivity index (χ0) is 25.3. The first-order valence-electron chi connectivity index (χ1n) is 12.3. The molecular weight excluding hydrogens is 452 g/mol. The van der Waals surface area contributed by atoms with E-state index in [0.717, 1.165) is 54.9 Å². The Morgan fingerprint density at radius 1 is 1.06 bits per heavy atom. The first-order valence-corrected chi connectivity index (χ1v) is 12.3. The maximum atomic E-state index is 12.3. The van der Waals surface area contributed by atoms with Crippen molar-refractivity contribution in [3.05, 3.63) is 73.1 Å². The molecule has 0 bridgehead atoms. The molecule has 4 rings (SSSR count). The van der Waals surface area contributed by atoms with Crippen LogP contribution in [0.4, 0.5) is 11.6 Å². The highest BCUT2D eigenvalue weighted by Gasteiger charge is 2.24. The lowest BCUT2D eigenvalue weighted by molar-refractivity contribution is -0.117. The number of carbonyl (C=O) groups is 1. The van der Waals surface area contributed by atoms with Crippen LogP contribution in [0.15, 0.2) is 73.1 Å². The monoisotopic (exact) mass is 486 g/mol. The van der Waals surface area contributed by atoms with Gasteiger partial charge in [0.15, 0.2) is 0 Å². The molecule has 1 fully saturated rings. The third kappa shape index (κ3) is 7.05. The van der Waals surface area contributed by atoms with Crippen LogP contribution in [-0.4, -0.2) is 53.5 Å². The molecule has 1 aromatic heterocycles. The molecule has 1 amide bonds. The van der Waals surface area contributed by atoms with Crippen LogP contribution in [-0.2, 0) is 4.79 Å². The third-order valence-electron chi connectivity index (χ3n) is 6.10. The van der Waals surface area contributed by atoms with E-state index in [4.69, 9.17) is 10.5 Å². The molecule has 2 aromatic carbocycles.